The molecule has 3 unspecified atom stereocenters. The molecule has 5 aromatic carbocycles. The van der Waals surface area contributed by atoms with Crippen molar-refractivity contribution in [2.45, 2.75) is 82.9 Å². The molecule has 0 aromatic heterocycles. The molecule has 1 aliphatic heterocycles. The average molecular weight is 741 g/mol. The van der Waals surface area contributed by atoms with E-state index < -0.39 is 36.5 Å². The van der Waals surface area contributed by atoms with Crippen molar-refractivity contribution in [2.24, 2.45) is 0 Å². The first-order chi connectivity index (χ1) is 27.0. The van der Waals surface area contributed by atoms with Gasteiger partial charge in [-0.05, 0) is 77.1 Å². The van der Waals surface area contributed by atoms with Crippen LogP contribution in [0.4, 0.5) is 0 Å². The summed E-state index contributed by atoms with van der Waals surface area (Å²) in [6.45, 7) is 7.87. The Hall–Kier alpha value is -4.89. The van der Waals surface area contributed by atoms with Crippen LogP contribution in [0.5, 0.6) is 0 Å². The molecule has 286 valence electrons. The third-order valence-corrected chi connectivity index (χ3v) is 10.00. The maximum Gasteiger partial charge on any atom is 0.335 e. The van der Waals surface area contributed by atoms with Crippen LogP contribution in [0.15, 0.2) is 146 Å². The van der Waals surface area contributed by atoms with Crippen molar-refractivity contribution in [3.63, 3.8) is 0 Å². The summed E-state index contributed by atoms with van der Waals surface area (Å²) in [5, 5.41) is 10.7. The Bertz CT molecular complexity index is 1900. The molecule has 55 heavy (non-hydrogen) atoms. The number of aryl methyl sites for hydroxylation is 2. The van der Waals surface area contributed by atoms with Crippen molar-refractivity contribution in [2.75, 3.05) is 13.2 Å². The fourth-order valence-electron chi connectivity index (χ4n) is 6.97. The van der Waals surface area contributed by atoms with Gasteiger partial charge < -0.3 is 28.8 Å². The van der Waals surface area contributed by atoms with Crippen LogP contribution in [-0.4, -0.2) is 48.7 Å². The van der Waals surface area contributed by atoms with Gasteiger partial charge in [-0.25, -0.2) is 4.79 Å². The zero-order valence-electron chi connectivity index (χ0n) is 31.6. The lowest BCUT2D eigenvalue weighted by atomic mass is 9.88. The summed E-state index contributed by atoms with van der Waals surface area (Å²) in [4.78, 5) is 13.1. The van der Waals surface area contributed by atoms with Gasteiger partial charge >= 0.3 is 5.97 Å². The molecule has 1 N–H and O–H groups in total. The number of carbonyl (C=O) groups is 1. The summed E-state index contributed by atoms with van der Waals surface area (Å²) in [6.07, 6.45) is 1.09. The first-order valence-corrected chi connectivity index (χ1v) is 19.2. The van der Waals surface area contributed by atoms with E-state index in [9.17, 15) is 9.90 Å². The van der Waals surface area contributed by atoms with Crippen molar-refractivity contribution in [1.82, 2.24) is 0 Å². The molecule has 1 saturated heterocycles. The topological polar surface area (TPSA) is 83.5 Å². The Kier molecular flexibility index (Phi) is 15.0. The lowest BCUT2D eigenvalue weighted by molar-refractivity contribution is -0.266. The van der Waals surface area contributed by atoms with E-state index in [2.05, 4.69) is 49.9 Å². The van der Waals surface area contributed by atoms with Crippen LogP contribution in [0.25, 0.3) is 0 Å². The van der Waals surface area contributed by atoms with Crippen LogP contribution in [0.1, 0.15) is 63.5 Å². The van der Waals surface area contributed by atoms with E-state index >= 15 is 0 Å². The normalized spacial score (nSPS) is 19.5. The SMILES string of the molecule is C=CCOCCCCc1ccc(Cc2cc(C3OC(C(=O)O)[C@@H](OCc4ccccc4)C(OCc4ccccc4)[C@H]3OCc3ccccc3)ccc2C)cc1. The molecule has 1 heterocycles. The standard InChI is InChI=1S/C48H52O7/c1-3-28-51-29-14-13-15-36-23-25-37(26-24-36)30-42-31-41(27-22-35(42)2)43-44(52-32-38-16-7-4-8-17-38)45(53-33-39-18-9-5-10-19-39)46(47(55-43)48(49)50)54-34-40-20-11-6-12-21-40/h3-12,16-27,31,43-47H,1,13-15,28-30,32-34H2,2H3,(H,49,50)/t43?,44-,45?,46-,47?/m0/s1. The molecule has 6 rings (SSSR count). The number of aliphatic carboxylic acids is 1. The largest absolute Gasteiger partial charge is 0.479 e. The zero-order chi connectivity index (χ0) is 38.2. The minimum absolute atomic E-state index is 0.192. The van der Waals surface area contributed by atoms with Gasteiger partial charge in [0.25, 0.3) is 0 Å². The molecule has 0 bridgehead atoms. The molecule has 7 nitrogen and oxygen atoms in total. The highest BCUT2D eigenvalue weighted by molar-refractivity contribution is 5.73. The summed E-state index contributed by atoms with van der Waals surface area (Å²) in [6, 6.07) is 44.5. The number of carboxylic acids is 1. The Morgan fingerprint density at radius 2 is 1.22 bits per heavy atom. The fourth-order valence-corrected chi connectivity index (χ4v) is 6.97. The molecule has 0 aliphatic carbocycles. The lowest BCUT2D eigenvalue weighted by Gasteiger charge is -2.45. The van der Waals surface area contributed by atoms with E-state index in [1.807, 2.05) is 97.1 Å². The Labute approximate surface area is 325 Å². The third-order valence-electron chi connectivity index (χ3n) is 10.00. The van der Waals surface area contributed by atoms with Gasteiger partial charge in [0.1, 0.15) is 24.4 Å². The maximum absolute atomic E-state index is 13.1. The van der Waals surface area contributed by atoms with Crippen LogP contribution in [-0.2, 0) is 61.1 Å². The second-order valence-electron chi connectivity index (χ2n) is 14.1. The highest BCUT2D eigenvalue weighted by atomic mass is 16.6. The Balaban J connectivity index is 1.28. The lowest BCUT2D eigenvalue weighted by Crippen LogP contribution is -2.59. The van der Waals surface area contributed by atoms with Crippen molar-refractivity contribution in [3.05, 3.63) is 191 Å². The van der Waals surface area contributed by atoms with Gasteiger partial charge in [-0.15, -0.1) is 6.58 Å². The molecule has 0 spiro atoms. The highest BCUT2D eigenvalue weighted by Crippen LogP contribution is 2.39. The van der Waals surface area contributed by atoms with E-state index in [1.165, 1.54) is 11.1 Å². The summed E-state index contributed by atoms with van der Waals surface area (Å²) in [7, 11) is 0. The van der Waals surface area contributed by atoms with Crippen molar-refractivity contribution < 1.29 is 33.6 Å². The van der Waals surface area contributed by atoms with E-state index in [1.54, 1.807) is 6.08 Å². The van der Waals surface area contributed by atoms with E-state index in [-0.39, 0.29) is 19.8 Å². The molecule has 5 aromatic rings. The number of rotatable bonds is 20. The van der Waals surface area contributed by atoms with Gasteiger partial charge in [0.05, 0.1) is 26.4 Å². The Morgan fingerprint density at radius 1 is 0.673 bits per heavy atom. The first-order valence-electron chi connectivity index (χ1n) is 19.2. The predicted octanol–water partition coefficient (Wildman–Crippen LogP) is 9.39. The molecule has 5 atom stereocenters. The molecular formula is C48H52O7. The van der Waals surface area contributed by atoms with Gasteiger partial charge in [0, 0.05) is 6.61 Å². The van der Waals surface area contributed by atoms with Crippen LogP contribution in [0.2, 0.25) is 0 Å². The smallest absolute Gasteiger partial charge is 0.335 e. The maximum atomic E-state index is 13.1. The molecule has 1 fully saturated rings. The van der Waals surface area contributed by atoms with E-state index in [0.717, 1.165) is 65.7 Å². The summed E-state index contributed by atoms with van der Waals surface area (Å²) < 4.78 is 32.1. The van der Waals surface area contributed by atoms with Crippen LogP contribution >= 0.6 is 0 Å². The second kappa shape index (κ2) is 20.7. The van der Waals surface area contributed by atoms with Crippen LogP contribution in [0.3, 0.4) is 0 Å². The highest BCUT2D eigenvalue weighted by Gasteiger charge is 2.51. The fraction of sp³-hybridized carbons (Fsp3) is 0.312. The van der Waals surface area contributed by atoms with Crippen molar-refractivity contribution in [3.8, 4) is 0 Å². The van der Waals surface area contributed by atoms with Crippen LogP contribution < -0.4 is 0 Å². The molecule has 0 radical (unpaired) electrons. The quantitative estimate of drug-likeness (QED) is 0.0629. The molecule has 0 amide bonds. The second-order valence-corrected chi connectivity index (χ2v) is 14.1. The first kappa shape index (κ1) is 39.8. The predicted molar refractivity (Wildman–Crippen MR) is 215 cm³/mol. The molecule has 0 saturated carbocycles. The summed E-state index contributed by atoms with van der Waals surface area (Å²) in [5.74, 6) is -1.12. The molecule has 1 aliphatic rings. The average Bonchev–Trinajstić information content (AvgIpc) is 3.22. The summed E-state index contributed by atoms with van der Waals surface area (Å²) >= 11 is 0. The van der Waals surface area contributed by atoms with Gasteiger partial charge in [-0.2, -0.15) is 0 Å². The van der Waals surface area contributed by atoms with Gasteiger partial charge in [-0.3, -0.25) is 0 Å². The number of carboxylic acid groups (broad SMARTS) is 1. The van der Waals surface area contributed by atoms with Gasteiger partial charge in [0.2, 0.25) is 0 Å². The van der Waals surface area contributed by atoms with Crippen molar-refractivity contribution >= 4 is 5.97 Å². The van der Waals surface area contributed by atoms with Gasteiger partial charge in [0.15, 0.2) is 6.10 Å². The number of hydrogen-bond donors (Lipinski definition) is 1. The minimum atomic E-state index is -1.31. The third kappa shape index (κ3) is 11.6. The monoisotopic (exact) mass is 740 g/mol. The minimum Gasteiger partial charge on any atom is -0.479 e. The van der Waals surface area contributed by atoms with E-state index in [0.29, 0.717) is 6.61 Å². The number of ether oxygens (including phenoxy) is 5. The Morgan fingerprint density at radius 3 is 1.78 bits per heavy atom. The van der Waals surface area contributed by atoms with Crippen molar-refractivity contribution in [1.29, 1.82) is 0 Å². The zero-order valence-corrected chi connectivity index (χ0v) is 31.6. The molecular weight excluding hydrogens is 689 g/mol. The molecule has 7 heteroatoms. The number of unbranched alkanes of at least 4 members (excludes halogenated alkanes) is 1. The summed E-state index contributed by atoms with van der Waals surface area (Å²) in [5.41, 5.74) is 8.46. The van der Waals surface area contributed by atoms with Gasteiger partial charge in [-0.1, -0.05) is 140 Å². The van der Waals surface area contributed by atoms with Crippen LogP contribution in [0, 0.1) is 6.92 Å². The van der Waals surface area contributed by atoms with E-state index in [4.69, 9.17) is 23.7 Å². The number of hydrogen-bond acceptors (Lipinski definition) is 6. The number of benzene rings is 5.